The average molecular weight is 481 g/mol. The van der Waals surface area contributed by atoms with Crippen molar-refractivity contribution in [2.24, 2.45) is 0 Å². The van der Waals surface area contributed by atoms with Gasteiger partial charge in [-0.2, -0.15) is 0 Å². The van der Waals surface area contributed by atoms with E-state index in [9.17, 15) is 4.79 Å². The van der Waals surface area contributed by atoms with Crippen LogP contribution in [0, 0.1) is 5.41 Å². The summed E-state index contributed by atoms with van der Waals surface area (Å²) in [7, 11) is 0. The molecule has 0 atom stereocenters. The van der Waals surface area contributed by atoms with Crippen LogP contribution in [0.2, 0.25) is 0 Å². The molecular weight excluding hydrogens is 448 g/mol. The highest BCUT2D eigenvalue weighted by Gasteiger charge is 2.22. The standard InChI is InChI=1S/C30H32N4O2/c1-30(2,3)36-29(35)33-19-21-11-10-12-22(17-21)20-34-27(24-15-8-5-9-16-24)26(25(18-31)28(34)32)23-13-6-4-7-14-23/h4-18,31H,19-20,32H2,1-3H3,(H,33,35). The molecule has 0 aliphatic carbocycles. The monoisotopic (exact) mass is 480 g/mol. The lowest BCUT2D eigenvalue weighted by molar-refractivity contribution is 0.0523. The normalized spacial score (nSPS) is 11.2. The topological polar surface area (TPSA) is 93.1 Å². The molecule has 1 aromatic heterocycles. The van der Waals surface area contributed by atoms with Crippen molar-refractivity contribution in [3.05, 3.63) is 102 Å². The summed E-state index contributed by atoms with van der Waals surface area (Å²) in [5.74, 6) is 0.542. The van der Waals surface area contributed by atoms with Gasteiger partial charge in [-0.1, -0.05) is 84.9 Å². The van der Waals surface area contributed by atoms with Crippen LogP contribution in [0.3, 0.4) is 0 Å². The van der Waals surface area contributed by atoms with E-state index in [1.54, 1.807) is 0 Å². The second kappa shape index (κ2) is 10.5. The van der Waals surface area contributed by atoms with Gasteiger partial charge >= 0.3 is 6.09 Å². The highest BCUT2D eigenvalue weighted by molar-refractivity contribution is 6.01. The molecule has 4 N–H and O–H groups in total. The molecule has 4 rings (SSSR count). The summed E-state index contributed by atoms with van der Waals surface area (Å²) in [6.45, 7) is 6.39. The summed E-state index contributed by atoms with van der Waals surface area (Å²) >= 11 is 0. The van der Waals surface area contributed by atoms with Crippen LogP contribution < -0.4 is 11.1 Å². The first-order chi connectivity index (χ1) is 17.3. The van der Waals surface area contributed by atoms with E-state index in [-0.39, 0.29) is 0 Å². The number of nitrogens with one attached hydrogen (secondary N) is 2. The van der Waals surface area contributed by atoms with Gasteiger partial charge in [0.15, 0.2) is 0 Å². The Kier molecular flexibility index (Phi) is 7.25. The molecule has 0 fully saturated rings. The van der Waals surface area contributed by atoms with Gasteiger partial charge in [0.25, 0.3) is 0 Å². The number of carbonyl (C=O) groups excluding carboxylic acids is 1. The Bertz CT molecular complexity index is 1350. The number of amides is 1. The lowest BCUT2D eigenvalue weighted by atomic mass is 9.98. The molecule has 3 aromatic carbocycles. The van der Waals surface area contributed by atoms with Crippen LogP contribution >= 0.6 is 0 Å². The number of benzene rings is 3. The molecule has 0 unspecified atom stereocenters. The summed E-state index contributed by atoms with van der Waals surface area (Å²) in [5.41, 5.74) is 12.8. The van der Waals surface area contributed by atoms with Crippen molar-refractivity contribution < 1.29 is 9.53 Å². The number of carbonyl (C=O) groups is 1. The van der Waals surface area contributed by atoms with E-state index < -0.39 is 11.7 Å². The summed E-state index contributed by atoms with van der Waals surface area (Å²) in [6, 6.07) is 28.2. The number of alkyl carbamates (subject to hydrolysis) is 1. The molecule has 0 aliphatic heterocycles. The molecule has 0 saturated carbocycles. The number of aromatic nitrogens is 1. The minimum atomic E-state index is -0.547. The molecule has 6 heteroatoms. The van der Waals surface area contributed by atoms with E-state index in [1.165, 1.54) is 6.21 Å². The maximum Gasteiger partial charge on any atom is 0.407 e. The Balaban J connectivity index is 1.71. The molecule has 0 saturated heterocycles. The van der Waals surface area contributed by atoms with E-state index in [1.807, 2.05) is 87.5 Å². The van der Waals surface area contributed by atoms with Crippen molar-refractivity contribution in [3.8, 4) is 22.4 Å². The average Bonchev–Trinajstić information content (AvgIpc) is 3.14. The van der Waals surface area contributed by atoms with Crippen molar-refractivity contribution in [3.63, 3.8) is 0 Å². The van der Waals surface area contributed by atoms with E-state index in [0.717, 1.165) is 33.5 Å². The van der Waals surface area contributed by atoms with Gasteiger partial charge in [0.2, 0.25) is 0 Å². The van der Waals surface area contributed by atoms with E-state index in [4.69, 9.17) is 15.9 Å². The largest absolute Gasteiger partial charge is 0.444 e. The molecule has 6 nitrogen and oxygen atoms in total. The fourth-order valence-corrected chi connectivity index (χ4v) is 4.27. The highest BCUT2D eigenvalue weighted by atomic mass is 16.6. The number of rotatable bonds is 7. The van der Waals surface area contributed by atoms with E-state index >= 15 is 0 Å². The third kappa shape index (κ3) is 5.66. The van der Waals surface area contributed by atoms with Crippen molar-refractivity contribution in [2.75, 3.05) is 5.73 Å². The van der Waals surface area contributed by atoms with Gasteiger partial charge in [-0.15, -0.1) is 0 Å². The molecule has 0 radical (unpaired) electrons. The Morgan fingerprint density at radius 1 is 0.944 bits per heavy atom. The molecule has 1 heterocycles. The fourth-order valence-electron chi connectivity index (χ4n) is 4.27. The number of nitrogens with zero attached hydrogens (tertiary/aromatic N) is 1. The van der Waals surface area contributed by atoms with E-state index in [0.29, 0.717) is 24.5 Å². The number of hydrogen-bond acceptors (Lipinski definition) is 4. The number of nitrogen functional groups attached to an aromatic ring is 1. The Morgan fingerprint density at radius 2 is 1.56 bits per heavy atom. The summed E-state index contributed by atoms with van der Waals surface area (Å²) < 4.78 is 7.41. The van der Waals surface area contributed by atoms with Crippen LogP contribution in [-0.4, -0.2) is 22.5 Å². The first-order valence-corrected chi connectivity index (χ1v) is 11.9. The van der Waals surface area contributed by atoms with Gasteiger partial charge in [-0.3, -0.25) is 0 Å². The molecule has 36 heavy (non-hydrogen) atoms. The number of hydrogen-bond donors (Lipinski definition) is 3. The quantitative estimate of drug-likeness (QED) is 0.264. The lowest BCUT2D eigenvalue weighted by Gasteiger charge is -2.19. The van der Waals surface area contributed by atoms with Crippen molar-refractivity contribution in [1.82, 2.24) is 9.88 Å². The molecule has 4 aromatic rings. The minimum Gasteiger partial charge on any atom is -0.444 e. The molecule has 0 spiro atoms. The predicted octanol–water partition coefficient (Wildman–Crippen LogP) is 6.47. The summed E-state index contributed by atoms with van der Waals surface area (Å²) in [6.07, 6.45) is 0.888. The second-order valence-corrected chi connectivity index (χ2v) is 9.66. The maximum absolute atomic E-state index is 12.1. The highest BCUT2D eigenvalue weighted by Crippen LogP contribution is 2.40. The van der Waals surface area contributed by atoms with Gasteiger partial charge < -0.3 is 25.8 Å². The van der Waals surface area contributed by atoms with Gasteiger partial charge in [0.05, 0.1) is 5.69 Å². The maximum atomic E-state index is 12.1. The Labute approximate surface area is 212 Å². The molecule has 0 aliphatic rings. The zero-order valence-electron chi connectivity index (χ0n) is 20.9. The van der Waals surface area contributed by atoms with Crippen LogP contribution in [0.5, 0.6) is 0 Å². The third-order valence-electron chi connectivity index (χ3n) is 5.76. The van der Waals surface area contributed by atoms with Crippen LogP contribution in [0.4, 0.5) is 10.6 Å². The Morgan fingerprint density at radius 3 is 2.17 bits per heavy atom. The lowest BCUT2D eigenvalue weighted by Crippen LogP contribution is -2.32. The molecule has 0 bridgehead atoms. The van der Waals surface area contributed by atoms with Crippen LogP contribution in [0.15, 0.2) is 84.9 Å². The first-order valence-electron chi connectivity index (χ1n) is 11.9. The zero-order valence-corrected chi connectivity index (χ0v) is 20.9. The predicted molar refractivity (Wildman–Crippen MR) is 146 cm³/mol. The number of anilines is 1. The van der Waals surface area contributed by atoms with Crippen molar-refractivity contribution >= 4 is 18.1 Å². The number of ether oxygens (including phenoxy) is 1. The van der Waals surface area contributed by atoms with Gasteiger partial charge in [-0.05, 0) is 43.0 Å². The van der Waals surface area contributed by atoms with Gasteiger partial charge in [0, 0.05) is 30.4 Å². The second-order valence-electron chi connectivity index (χ2n) is 9.66. The number of nitrogens with two attached hydrogens (primary N) is 1. The molecule has 184 valence electrons. The fraction of sp³-hybridized carbons (Fsp3) is 0.200. The Hall–Kier alpha value is -4.32. The van der Waals surface area contributed by atoms with Crippen LogP contribution in [0.25, 0.3) is 22.4 Å². The zero-order chi connectivity index (χ0) is 25.7. The summed E-state index contributed by atoms with van der Waals surface area (Å²) in [5, 5.41) is 11.0. The summed E-state index contributed by atoms with van der Waals surface area (Å²) in [4.78, 5) is 12.1. The SMILES string of the molecule is CC(C)(C)OC(=O)NCc1cccc(Cn2c(N)c(C=N)c(-c3ccccc3)c2-c2ccccc2)c1. The smallest absolute Gasteiger partial charge is 0.407 e. The molecular formula is C30H32N4O2. The van der Waals surface area contributed by atoms with Gasteiger partial charge in [-0.25, -0.2) is 4.79 Å². The van der Waals surface area contributed by atoms with Crippen LogP contribution in [-0.2, 0) is 17.8 Å². The van der Waals surface area contributed by atoms with E-state index in [2.05, 4.69) is 28.1 Å². The van der Waals surface area contributed by atoms with Crippen molar-refractivity contribution in [1.29, 1.82) is 5.41 Å². The van der Waals surface area contributed by atoms with Gasteiger partial charge in [0.1, 0.15) is 11.4 Å². The van der Waals surface area contributed by atoms with Crippen LogP contribution in [0.1, 0.15) is 37.5 Å². The third-order valence-corrected chi connectivity index (χ3v) is 5.76. The minimum absolute atomic E-state index is 0.358. The van der Waals surface area contributed by atoms with Crippen molar-refractivity contribution in [2.45, 2.75) is 39.5 Å². The molecule has 1 amide bonds. The first kappa shape index (κ1) is 24.8.